The number of benzene rings is 1. The number of carboxylic acid groups (broad SMARTS) is 1. The Morgan fingerprint density at radius 3 is 2.50 bits per heavy atom. The Labute approximate surface area is 85.1 Å². The maximum Gasteiger partial charge on any atom is 0.404 e. The third kappa shape index (κ3) is 3.27. The van der Waals surface area contributed by atoms with Crippen molar-refractivity contribution in [2.24, 2.45) is 0 Å². The van der Waals surface area contributed by atoms with Gasteiger partial charge >= 0.3 is 6.09 Å². The van der Waals surface area contributed by atoms with Crippen LogP contribution in [0.25, 0.3) is 0 Å². The molecule has 0 heterocycles. The molecule has 0 aliphatic rings. The molecule has 2 N–H and O–H groups in total. The first-order chi connectivity index (χ1) is 6.59. The molecule has 0 spiro atoms. The van der Waals surface area contributed by atoms with Gasteiger partial charge in [-0.25, -0.2) is 4.79 Å². The zero-order valence-corrected chi connectivity index (χ0v) is 8.50. The van der Waals surface area contributed by atoms with Gasteiger partial charge in [-0.2, -0.15) is 0 Å². The smallest absolute Gasteiger partial charge is 0.404 e. The van der Waals surface area contributed by atoms with Gasteiger partial charge in [0.2, 0.25) is 0 Å². The maximum atomic E-state index is 11.0. The van der Waals surface area contributed by atoms with Crippen LogP contribution in [0.3, 0.4) is 0 Å². The molecule has 1 atom stereocenters. The van der Waals surface area contributed by atoms with Crippen LogP contribution < -0.4 is 5.32 Å². The minimum Gasteiger partial charge on any atom is -0.612 e. The average Bonchev–Trinajstić information content (AvgIpc) is 2.15. The zero-order valence-electron chi connectivity index (χ0n) is 7.69. The highest BCUT2D eigenvalue weighted by atomic mass is 32.2. The fourth-order valence-corrected chi connectivity index (χ4v) is 1.50. The summed E-state index contributed by atoms with van der Waals surface area (Å²) in [7, 11) is 0. The van der Waals surface area contributed by atoms with Crippen molar-refractivity contribution < 1.29 is 14.5 Å². The fraction of sp³-hybridized carbons (Fsp3) is 0.222. The van der Waals surface area contributed by atoms with E-state index in [2.05, 4.69) is 5.32 Å². The Bertz CT molecular complexity index is 310. The van der Waals surface area contributed by atoms with Gasteiger partial charge in [0, 0.05) is 6.54 Å². The van der Waals surface area contributed by atoms with Crippen LogP contribution in [-0.4, -0.2) is 22.0 Å². The molecule has 0 aromatic heterocycles. The highest BCUT2D eigenvalue weighted by molar-refractivity contribution is 7.90. The molecule has 0 aliphatic carbocycles. The monoisotopic (exact) mass is 213 g/mol. The molecule has 1 rings (SSSR count). The fourth-order valence-electron chi connectivity index (χ4n) is 0.977. The first-order valence-electron chi connectivity index (χ1n) is 3.99. The summed E-state index contributed by atoms with van der Waals surface area (Å²) in [5.41, 5.74) is 0.849. The Hall–Kier alpha value is -1.20. The summed E-state index contributed by atoms with van der Waals surface area (Å²) in [6, 6.07) is 6.98. The van der Waals surface area contributed by atoms with Crippen LogP contribution in [0.1, 0.15) is 5.56 Å². The molecule has 14 heavy (non-hydrogen) atoms. The lowest BCUT2D eigenvalue weighted by atomic mass is 10.2. The molecule has 0 fully saturated rings. The van der Waals surface area contributed by atoms with Gasteiger partial charge in [0.15, 0.2) is 4.90 Å². The van der Waals surface area contributed by atoms with Gasteiger partial charge in [0.1, 0.15) is 6.26 Å². The molecule has 0 bridgehead atoms. The van der Waals surface area contributed by atoms with Crippen LogP contribution in [0.15, 0.2) is 29.2 Å². The molecule has 76 valence electrons. The SMILES string of the molecule is C[S+]([O-])c1ccc(CNC(=O)O)cc1. The summed E-state index contributed by atoms with van der Waals surface area (Å²) in [5.74, 6) is 0. The average molecular weight is 213 g/mol. The molecule has 1 unspecified atom stereocenters. The van der Waals surface area contributed by atoms with E-state index in [4.69, 9.17) is 5.11 Å². The van der Waals surface area contributed by atoms with Crippen molar-refractivity contribution >= 4 is 17.3 Å². The number of hydrogen-bond donors (Lipinski definition) is 2. The second-order valence-corrected chi connectivity index (χ2v) is 4.14. The number of hydrogen-bond acceptors (Lipinski definition) is 2. The highest BCUT2D eigenvalue weighted by Crippen LogP contribution is 2.09. The molecular weight excluding hydrogens is 202 g/mol. The first kappa shape index (κ1) is 10.9. The van der Waals surface area contributed by atoms with Crippen LogP contribution in [0, 0.1) is 0 Å². The van der Waals surface area contributed by atoms with Gasteiger partial charge in [0.05, 0.1) is 0 Å². The minimum absolute atomic E-state index is 0.270. The van der Waals surface area contributed by atoms with E-state index < -0.39 is 17.3 Å². The lowest BCUT2D eigenvalue weighted by Crippen LogP contribution is -2.19. The van der Waals surface area contributed by atoms with Gasteiger partial charge in [-0.1, -0.05) is 12.1 Å². The second kappa shape index (κ2) is 4.88. The van der Waals surface area contributed by atoms with E-state index in [-0.39, 0.29) is 6.54 Å². The van der Waals surface area contributed by atoms with E-state index in [9.17, 15) is 9.35 Å². The van der Waals surface area contributed by atoms with Crippen LogP contribution in [0.4, 0.5) is 4.79 Å². The summed E-state index contributed by atoms with van der Waals surface area (Å²) < 4.78 is 11.0. The quantitative estimate of drug-likeness (QED) is 0.741. The predicted octanol–water partition coefficient (Wildman–Crippen LogP) is 1.19. The first-order valence-corrected chi connectivity index (χ1v) is 5.54. The molecule has 1 aromatic rings. The van der Waals surface area contributed by atoms with Crippen molar-refractivity contribution in [3.63, 3.8) is 0 Å². The van der Waals surface area contributed by atoms with Crippen molar-refractivity contribution in [1.82, 2.24) is 5.32 Å². The van der Waals surface area contributed by atoms with Crippen molar-refractivity contribution in [3.05, 3.63) is 29.8 Å². The topological polar surface area (TPSA) is 72.4 Å². The number of rotatable bonds is 3. The molecule has 4 nitrogen and oxygen atoms in total. The third-order valence-corrected chi connectivity index (χ3v) is 2.64. The summed E-state index contributed by atoms with van der Waals surface area (Å²) in [6.45, 7) is 0.270. The van der Waals surface area contributed by atoms with Gasteiger partial charge in [-0.15, -0.1) is 0 Å². The summed E-state index contributed by atoms with van der Waals surface area (Å²) in [4.78, 5) is 10.9. The van der Waals surface area contributed by atoms with Crippen molar-refractivity contribution in [1.29, 1.82) is 0 Å². The van der Waals surface area contributed by atoms with Gasteiger partial charge < -0.3 is 15.0 Å². The number of carbonyl (C=O) groups is 1. The number of nitrogens with one attached hydrogen (secondary N) is 1. The molecule has 1 aromatic carbocycles. The predicted molar refractivity (Wildman–Crippen MR) is 53.6 cm³/mol. The summed E-state index contributed by atoms with van der Waals surface area (Å²) in [5, 5.41) is 10.6. The van der Waals surface area contributed by atoms with Crippen molar-refractivity contribution in [3.8, 4) is 0 Å². The molecular formula is C9H11NO3S. The molecule has 5 heteroatoms. The zero-order chi connectivity index (χ0) is 10.6. The van der Waals surface area contributed by atoms with Crippen molar-refractivity contribution in [2.45, 2.75) is 11.4 Å². The van der Waals surface area contributed by atoms with Gasteiger partial charge in [0.25, 0.3) is 0 Å². The Morgan fingerprint density at radius 2 is 2.07 bits per heavy atom. The van der Waals surface area contributed by atoms with Crippen molar-refractivity contribution in [2.75, 3.05) is 6.26 Å². The summed E-state index contributed by atoms with van der Waals surface area (Å²) >= 11 is -0.987. The maximum absolute atomic E-state index is 11.0. The molecule has 0 aliphatic heterocycles. The van der Waals surface area contributed by atoms with E-state index in [1.54, 1.807) is 30.5 Å². The van der Waals surface area contributed by atoms with Gasteiger partial charge in [-0.3, -0.25) is 0 Å². The standard InChI is InChI=1S/C9H11NO3S/c1-14(13)8-4-2-7(3-5-8)6-10-9(11)12/h2-5,10H,6H2,1H3,(H,11,12). The van der Waals surface area contributed by atoms with Crippen LogP contribution in [0.2, 0.25) is 0 Å². The summed E-state index contributed by atoms with van der Waals surface area (Å²) in [6.07, 6.45) is 0.554. The lowest BCUT2D eigenvalue weighted by Gasteiger charge is -2.05. The highest BCUT2D eigenvalue weighted by Gasteiger charge is 2.03. The van der Waals surface area contributed by atoms with Crippen LogP contribution in [0.5, 0.6) is 0 Å². The van der Waals surface area contributed by atoms with E-state index in [0.717, 1.165) is 10.5 Å². The molecule has 1 amide bonds. The largest absolute Gasteiger partial charge is 0.612 e. The molecule has 0 radical (unpaired) electrons. The minimum atomic E-state index is -1.05. The number of amides is 1. The van der Waals surface area contributed by atoms with E-state index in [0.29, 0.717) is 0 Å². The normalized spacial score (nSPS) is 12.1. The Morgan fingerprint density at radius 1 is 1.50 bits per heavy atom. The van der Waals surface area contributed by atoms with E-state index in [1.165, 1.54) is 0 Å². The van der Waals surface area contributed by atoms with E-state index in [1.807, 2.05) is 0 Å². The second-order valence-electron chi connectivity index (χ2n) is 2.76. The molecule has 0 saturated carbocycles. The van der Waals surface area contributed by atoms with Crippen LogP contribution in [-0.2, 0) is 17.7 Å². The Kier molecular flexibility index (Phi) is 3.79. The third-order valence-electron chi connectivity index (χ3n) is 1.70. The van der Waals surface area contributed by atoms with Gasteiger partial charge in [-0.05, 0) is 28.9 Å². The van der Waals surface area contributed by atoms with E-state index >= 15 is 0 Å². The lowest BCUT2D eigenvalue weighted by molar-refractivity contribution is 0.194. The van der Waals surface area contributed by atoms with Crippen LogP contribution >= 0.6 is 0 Å². The molecule has 0 saturated heterocycles. The Balaban J connectivity index is 2.59.